The normalized spacial score (nSPS) is 14.1. The fourth-order valence-electron chi connectivity index (χ4n) is 4.43. The van der Waals surface area contributed by atoms with E-state index in [-0.39, 0.29) is 17.3 Å². The van der Waals surface area contributed by atoms with E-state index in [9.17, 15) is 13.2 Å². The van der Waals surface area contributed by atoms with Crippen LogP contribution < -0.4 is 9.21 Å². The number of hydrogen-bond donors (Lipinski definition) is 0. The molecule has 6 nitrogen and oxygen atoms in total. The van der Waals surface area contributed by atoms with Crippen LogP contribution in [0.4, 0.5) is 11.4 Å². The fourth-order valence-corrected chi connectivity index (χ4v) is 5.96. The summed E-state index contributed by atoms with van der Waals surface area (Å²) in [6, 6.07) is 17.7. The molecule has 0 spiro atoms. The zero-order valence-corrected chi connectivity index (χ0v) is 22.7. The summed E-state index contributed by atoms with van der Waals surface area (Å²) in [4.78, 5) is 17.6. The van der Waals surface area contributed by atoms with Crippen molar-refractivity contribution >= 4 is 38.9 Å². The molecular formula is C28H32ClN3O3S. The van der Waals surface area contributed by atoms with Gasteiger partial charge in [-0.15, -0.1) is 0 Å². The van der Waals surface area contributed by atoms with E-state index in [2.05, 4.69) is 36.9 Å². The average molecular weight is 526 g/mol. The third kappa shape index (κ3) is 5.37. The summed E-state index contributed by atoms with van der Waals surface area (Å²) in [5.41, 5.74) is 6.14. The maximum absolute atomic E-state index is 13.7. The maximum Gasteiger partial charge on any atom is 0.264 e. The molecule has 0 radical (unpaired) electrons. The number of carbonyl (C=O) groups excluding carboxylic acids is 1. The van der Waals surface area contributed by atoms with Crippen LogP contribution in [0, 0.1) is 27.7 Å². The summed E-state index contributed by atoms with van der Waals surface area (Å²) in [5.74, 6) is -0.216. The molecule has 0 N–H and O–H groups in total. The molecule has 1 fully saturated rings. The number of aryl methyl sites for hydroxylation is 3. The quantitative estimate of drug-likeness (QED) is 0.448. The molecule has 1 amide bonds. The lowest BCUT2D eigenvalue weighted by molar-refractivity contribution is -0.129. The van der Waals surface area contributed by atoms with Gasteiger partial charge in [-0.05, 0) is 92.4 Å². The summed E-state index contributed by atoms with van der Waals surface area (Å²) < 4.78 is 28.5. The van der Waals surface area contributed by atoms with Crippen LogP contribution in [-0.2, 0) is 14.8 Å². The highest BCUT2D eigenvalue weighted by molar-refractivity contribution is 7.92. The number of benzene rings is 3. The van der Waals surface area contributed by atoms with Crippen molar-refractivity contribution in [1.29, 1.82) is 0 Å². The number of amides is 1. The second kappa shape index (κ2) is 10.5. The Balaban J connectivity index is 1.56. The van der Waals surface area contributed by atoms with Crippen molar-refractivity contribution in [2.45, 2.75) is 32.6 Å². The predicted octanol–water partition coefficient (Wildman–Crippen LogP) is 5.12. The first-order valence-corrected chi connectivity index (χ1v) is 13.8. The van der Waals surface area contributed by atoms with Crippen molar-refractivity contribution in [2.75, 3.05) is 41.9 Å². The lowest BCUT2D eigenvalue weighted by Crippen LogP contribution is -2.52. The molecule has 3 aromatic carbocycles. The number of rotatable bonds is 6. The van der Waals surface area contributed by atoms with E-state index >= 15 is 0 Å². The van der Waals surface area contributed by atoms with Gasteiger partial charge in [-0.25, -0.2) is 8.42 Å². The molecule has 0 saturated carbocycles. The number of piperazine rings is 1. The molecule has 1 heterocycles. The van der Waals surface area contributed by atoms with Gasteiger partial charge in [-0.1, -0.05) is 29.8 Å². The van der Waals surface area contributed by atoms with E-state index in [4.69, 9.17) is 11.6 Å². The Morgan fingerprint density at radius 2 is 1.53 bits per heavy atom. The Morgan fingerprint density at radius 1 is 0.861 bits per heavy atom. The second-order valence-corrected chi connectivity index (χ2v) is 11.6. The minimum atomic E-state index is -3.98. The zero-order valence-electron chi connectivity index (χ0n) is 21.2. The lowest BCUT2D eigenvalue weighted by atomic mass is 10.1. The van der Waals surface area contributed by atoms with Gasteiger partial charge in [0.15, 0.2) is 0 Å². The highest BCUT2D eigenvalue weighted by Gasteiger charge is 2.30. The first-order chi connectivity index (χ1) is 17.1. The third-order valence-corrected chi connectivity index (χ3v) is 9.05. The highest BCUT2D eigenvalue weighted by atomic mass is 35.5. The van der Waals surface area contributed by atoms with Crippen LogP contribution >= 0.6 is 11.6 Å². The standard InChI is InChI=1S/C28H32ClN3O3S/c1-20-8-11-25(18-22(20)3)32(36(34,35)26-12-9-24(29)10-13-26)19-28(33)31-16-14-30(15-17-31)27-7-5-6-21(2)23(27)4/h5-13,18H,14-17,19H2,1-4H3. The Kier molecular flexibility index (Phi) is 7.62. The van der Waals surface area contributed by atoms with E-state index in [1.54, 1.807) is 23.1 Å². The molecule has 1 saturated heterocycles. The monoisotopic (exact) mass is 525 g/mol. The van der Waals surface area contributed by atoms with Gasteiger partial charge >= 0.3 is 0 Å². The van der Waals surface area contributed by atoms with Crippen LogP contribution in [0.2, 0.25) is 5.02 Å². The van der Waals surface area contributed by atoms with E-state index in [1.807, 2.05) is 26.0 Å². The maximum atomic E-state index is 13.7. The summed E-state index contributed by atoms with van der Waals surface area (Å²) in [5, 5.41) is 0.449. The van der Waals surface area contributed by atoms with Crippen LogP contribution in [0.15, 0.2) is 65.6 Å². The Hall–Kier alpha value is -3.03. The predicted molar refractivity (Wildman–Crippen MR) is 147 cm³/mol. The molecule has 8 heteroatoms. The van der Waals surface area contributed by atoms with Crippen molar-refractivity contribution in [3.63, 3.8) is 0 Å². The Morgan fingerprint density at radius 3 is 2.17 bits per heavy atom. The van der Waals surface area contributed by atoms with Crippen LogP contribution in [0.25, 0.3) is 0 Å². The number of halogens is 1. The van der Waals surface area contributed by atoms with E-state index in [0.717, 1.165) is 11.1 Å². The Labute approximate surface area is 219 Å². The molecule has 0 atom stereocenters. The molecular weight excluding hydrogens is 494 g/mol. The van der Waals surface area contributed by atoms with Gasteiger partial charge in [-0.2, -0.15) is 0 Å². The average Bonchev–Trinajstić information content (AvgIpc) is 2.86. The molecule has 0 aromatic heterocycles. The minimum absolute atomic E-state index is 0.0951. The lowest BCUT2D eigenvalue weighted by Gasteiger charge is -2.38. The summed E-state index contributed by atoms with van der Waals surface area (Å²) in [6.45, 7) is 10.3. The molecule has 1 aliphatic heterocycles. The van der Waals surface area contributed by atoms with Crippen LogP contribution in [0.1, 0.15) is 22.3 Å². The molecule has 4 rings (SSSR count). The molecule has 36 heavy (non-hydrogen) atoms. The van der Waals surface area contributed by atoms with Gasteiger partial charge in [0.2, 0.25) is 5.91 Å². The topological polar surface area (TPSA) is 60.9 Å². The molecule has 3 aromatic rings. The summed E-state index contributed by atoms with van der Waals surface area (Å²) in [7, 11) is -3.98. The van der Waals surface area contributed by atoms with Crippen molar-refractivity contribution in [2.24, 2.45) is 0 Å². The SMILES string of the molecule is Cc1ccc(N(CC(=O)N2CCN(c3cccc(C)c3C)CC2)S(=O)(=O)c2ccc(Cl)cc2)cc1C. The summed E-state index contributed by atoms with van der Waals surface area (Å²) >= 11 is 5.98. The number of nitrogens with zero attached hydrogens (tertiary/aromatic N) is 3. The highest BCUT2D eigenvalue weighted by Crippen LogP contribution is 2.28. The van der Waals surface area contributed by atoms with Gasteiger partial charge in [-0.3, -0.25) is 9.10 Å². The molecule has 1 aliphatic rings. The van der Waals surface area contributed by atoms with Gasteiger partial charge in [0, 0.05) is 36.9 Å². The first kappa shape index (κ1) is 26.0. The molecule has 0 bridgehead atoms. The van der Waals surface area contributed by atoms with Crippen LogP contribution in [-0.4, -0.2) is 51.9 Å². The molecule has 190 valence electrons. The van der Waals surface area contributed by atoms with Crippen molar-refractivity contribution in [3.8, 4) is 0 Å². The van der Waals surface area contributed by atoms with Crippen LogP contribution in [0.5, 0.6) is 0 Å². The molecule has 0 unspecified atom stereocenters. The van der Waals surface area contributed by atoms with Gasteiger partial charge in [0.05, 0.1) is 10.6 Å². The van der Waals surface area contributed by atoms with Gasteiger partial charge in [0.25, 0.3) is 10.0 Å². The van der Waals surface area contributed by atoms with Crippen molar-refractivity contribution in [3.05, 3.63) is 87.9 Å². The Bertz CT molecular complexity index is 1370. The van der Waals surface area contributed by atoms with Gasteiger partial charge in [0.1, 0.15) is 6.54 Å². The van der Waals surface area contributed by atoms with E-state index in [1.165, 1.54) is 33.3 Å². The first-order valence-electron chi connectivity index (χ1n) is 12.0. The fraction of sp³-hybridized carbons (Fsp3) is 0.321. The number of anilines is 2. The third-order valence-electron chi connectivity index (χ3n) is 7.01. The van der Waals surface area contributed by atoms with E-state index in [0.29, 0.717) is 36.9 Å². The van der Waals surface area contributed by atoms with E-state index < -0.39 is 10.0 Å². The van der Waals surface area contributed by atoms with Crippen molar-refractivity contribution in [1.82, 2.24) is 4.90 Å². The molecule has 0 aliphatic carbocycles. The van der Waals surface area contributed by atoms with Crippen molar-refractivity contribution < 1.29 is 13.2 Å². The largest absolute Gasteiger partial charge is 0.368 e. The van der Waals surface area contributed by atoms with Gasteiger partial charge < -0.3 is 9.80 Å². The smallest absolute Gasteiger partial charge is 0.264 e. The zero-order chi connectivity index (χ0) is 26.0. The number of hydrogen-bond acceptors (Lipinski definition) is 4. The minimum Gasteiger partial charge on any atom is -0.368 e. The van der Waals surface area contributed by atoms with Crippen LogP contribution in [0.3, 0.4) is 0 Å². The summed E-state index contributed by atoms with van der Waals surface area (Å²) in [6.07, 6.45) is 0. The number of carbonyl (C=O) groups is 1. The number of sulfonamides is 1. The second-order valence-electron chi connectivity index (χ2n) is 9.32.